The van der Waals surface area contributed by atoms with Crippen molar-refractivity contribution in [3.8, 4) is 0 Å². The molecule has 1 heterocycles. The van der Waals surface area contributed by atoms with Gasteiger partial charge in [-0.25, -0.2) is 4.68 Å². The first kappa shape index (κ1) is 14.4. The molecule has 1 aromatic heterocycles. The average molecular weight is 262 g/mol. The predicted molar refractivity (Wildman–Crippen MR) is 62.8 cm³/mol. The van der Waals surface area contributed by atoms with E-state index in [1.54, 1.807) is 37.8 Å². The van der Waals surface area contributed by atoms with Gasteiger partial charge in [0.2, 0.25) is 5.16 Å². The van der Waals surface area contributed by atoms with Crippen LogP contribution in [0.25, 0.3) is 0 Å². The monoisotopic (exact) mass is 262 g/mol. The number of ether oxygens (including phenoxy) is 3. The van der Waals surface area contributed by atoms with E-state index in [4.69, 9.17) is 14.2 Å². The number of hydrogen-bond acceptors (Lipinski definition) is 7. The summed E-state index contributed by atoms with van der Waals surface area (Å²) < 4.78 is 17.0. The predicted octanol–water partition coefficient (Wildman–Crippen LogP) is 0.419. The molecule has 0 aliphatic rings. The highest BCUT2D eigenvalue weighted by Gasteiger charge is 2.13. The van der Waals surface area contributed by atoms with E-state index >= 15 is 0 Å². The lowest BCUT2D eigenvalue weighted by Gasteiger charge is -2.13. The van der Waals surface area contributed by atoms with E-state index in [2.05, 4.69) is 15.5 Å². The number of methoxy groups -OCH3 is 3. The van der Waals surface area contributed by atoms with Crippen LogP contribution in [0.5, 0.6) is 0 Å². The summed E-state index contributed by atoms with van der Waals surface area (Å²) in [6.45, 7) is 2.46. The van der Waals surface area contributed by atoms with Gasteiger partial charge < -0.3 is 14.2 Å². The Morgan fingerprint density at radius 1 is 1.24 bits per heavy atom. The van der Waals surface area contributed by atoms with Crippen LogP contribution in [0.4, 0.5) is 0 Å². The Labute approximate surface area is 105 Å². The Morgan fingerprint density at radius 2 is 1.94 bits per heavy atom. The van der Waals surface area contributed by atoms with Crippen LogP contribution in [0.3, 0.4) is 0 Å². The highest BCUT2D eigenvalue weighted by molar-refractivity contribution is 7.99. The molecule has 0 aliphatic heterocycles. The third-order valence-electron chi connectivity index (χ3n) is 2.20. The van der Waals surface area contributed by atoms with Gasteiger partial charge in [0, 0.05) is 27.1 Å². The van der Waals surface area contributed by atoms with Crippen molar-refractivity contribution in [2.24, 2.45) is 0 Å². The molecule has 8 heteroatoms. The molecule has 17 heavy (non-hydrogen) atoms. The smallest absolute Gasteiger partial charge is 0.209 e. The van der Waals surface area contributed by atoms with Crippen molar-refractivity contribution >= 4 is 11.8 Å². The maximum absolute atomic E-state index is 5.16. The van der Waals surface area contributed by atoms with Crippen LogP contribution >= 0.6 is 11.8 Å². The molecule has 7 nitrogen and oxygen atoms in total. The van der Waals surface area contributed by atoms with Crippen LogP contribution in [-0.2, 0) is 20.8 Å². The number of hydrogen-bond donors (Lipinski definition) is 0. The van der Waals surface area contributed by atoms with Gasteiger partial charge in [-0.15, -0.1) is 5.10 Å². The highest BCUT2D eigenvalue weighted by Crippen LogP contribution is 2.16. The molecule has 0 aromatic carbocycles. The molecule has 0 spiro atoms. The van der Waals surface area contributed by atoms with Gasteiger partial charge in [0.1, 0.15) is 0 Å². The highest BCUT2D eigenvalue weighted by atomic mass is 32.2. The molecule has 0 saturated heterocycles. The Kier molecular flexibility index (Phi) is 6.41. The molecular weight excluding hydrogens is 244 g/mol. The molecule has 1 rings (SSSR count). The zero-order chi connectivity index (χ0) is 12.7. The van der Waals surface area contributed by atoms with Crippen molar-refractivity contribution in [1.29, 1.82) is 0 Å². The van der Waals surface area contributed by atoms with Crippen LogP contribution < -0.4 is 0 Å². The zero-order valence-electron chi connectivity index (χ0n) is 10.5. The number of nitrogens with zero attached hydrogens (tertiary/aromatic N) is 4. The fraction of sp³-hybridized carbons (Fsp3) is 0.889. The van der Waals surface area contributed by atoms with E-state index in [9.17, 15) is 0 Å². The zero-order valence-corrected chi connectivity index (χ0v) is 11.3. The van der Waals surface area contributed by atoms with E-state index in [-0.39, 0.29) is 12.4 Å². The molecule has 0 bridgehead atoms. The maximum Gasteiger partial charge on any atom is 0.209 e. The summed E-state index contributed by atoms with van der Waals surface area (Å²) in [7, 11) is 4.84. The van der Waals surface area contributed by atoms with E-state index in [1.807, 2.05) is 6.92 Å². The van der Waals surface area contributed by atoms with E-state index in [0.29, 0.717) is 6.54 Å². The molecule has 1 atom stereocenters. The van der Waals surface area contributed by atoms with Gasteiger partial charge in [-0.2, -0.15) is 0 Å². The largest absolute Gasteiger partial charge is 0.381 e. The van der Waals surface area contributed by atoms with E-state index in [1.165, 1.54) is 0 Å². The van der Waals surface area contributed by atoms with Crippen molar-refractivity contribution in [1.82, 2.24) is 20.2 Å². The van der Waals surface area contributed by atoms with Crippen LogP contribution in [0.2, 0.25) is 0 Å². The van der Waals surface area contributed by atoms with Gasteiger partial charge in [-0.3, -0.25) is 0 Å². The van der Waals surface area contributed by atoms with Crippen LogP contribution in [0.15, 0.2) is 5.16 Å². The van der Waals surface area contributed by atoms with Crippen molar-refractivity contribution in [3.05, 3.63) is 0 Å². The van der Waals surface area contributed by atoms with Gasteiger partial charge in [-0.05, 0) is 17.4 Å². The summed E-state index contributed by atoms with van der Waals surface area (Å²) in [5.41, 5.74) is 0. The Bertz CT molecular complexity index is 319. The standard InChI is InChI=1S/C9H18N4O3S/c1-7(14-2)6-17-9-10-11-12-13(9)5-8(15-3)16-4/h7-8H,5-6H2,1-4H3. The molecule has 1 unspecified atom stereocenters. The summed E-state index contributed by atoms with van der Waals surface area (Å²) in [6, 6.07) is 0. The second kappa shape index (κ2) is 7.59. The van der Waals surface area contributed by atoms with E-state index in [0.717, 1.165) is 10.9 Å². The lowest BCUT2D eigenvalue weighted by molar-refractivity contribution is -0.113. The molecule has 0 aliphatic carbocycles. The number of aromatic nitrogens is 4. The Morgan fingerprint density at radius 3 is 2.53 bits per heavy atom. The number of rotatable bonds is 8. The third kappa shape index (κ3) is 4.58. The van der Waals surface area contributed by atoms with Crippen LogP contribution in [0.1, 0.15) is 6.92 Å². The van der Waals surface area contributed by atoms with Crippen LogP contribution in [0, 0.1) is 0 Å². The third-order valence-corrected chi connectivity index (χ3v) is 3.38. The Hall–Kier alpha value is -0.700. The van der Waals surface area contributed by atoms with Gasteiger partial charge in [0.25, 0.3) is 0 Å². The van der Waals surface area contributed by atoms with Gasteiger partial charge in [-0.1, -0.05) is 11.8 Å². The molecule has 0 saturated carbocycles. The second-order valence-corrected chi connectivity index (χ2v) is 4.39. The van der Waals surface area contributed by atoms with E-state index < -0.39 is 0 Å². The van der Waals surface area contributed by atoms with Crippen molar-refractivity contribution < 1.29 is 14.2 Å². The first-order valence-electron chi connectivity index (χ1n) is 5.18. The fourth-order valence-electron chi connectivity index (χ4n) is 1.06. The minimum absolute atomic E-state index is 0.158. The first-order valence-corrected chi connectivity index (χ1v) is 6.17. The SMILES string of the molecule is COC(C)CSc1nnnn1CC(OC)OC. The summed E-state index contributed by atoms with van der Waals surface area (Å²) in [5, 5.41) is 12.2. The normalized spacial score (nSPS) is 13.2. The van der Waals surface area contributed by atoms with Crippen molar-refractivity contribution in [3.63, 3.8) is 0 Å². The Balaban J connectivity index is 2.53. The summed E-state index contributed by atoms with van der Waals surface area (Å²) in [6.07, 6.45) is -0.191. The molecule has 98 valence electrons. The second-order valence-electron chi connectivity index (χ2n) is 3.40. The first-order chi connectivity index (χ1) is 8.21. The quantitative estimate of drug-likeness (QED) is 0.496. The van der Waals surface area contributed by atoms with Crippen molar-refractivity contribution in [2.45, 2.75) is 31.0 Å². The van der Waals surface area contributed by atoms with Gasteiger partial charge >= 0.3 is 0 Å². The number of thioether (sulfide) groups is 1. The molecular formula is C9H18N4O3S. The number of tetrazole rings is 1. The fourth-order valence-corrected chi connectivity index (χ4v) is 1.94. The minimum atomic E-state index is -0.349. The molecule has 0 radical (unpaired) electrons. The maximum atomic E-state index is 5.16. The lowest BCUT2D eigenvalue weighted by atomic mass is 10.5. The average Bonchev–Trinajstić information content (AvgIpc) is 2.80. The lowest BCUT2D eigenvalue weighted by Crippen LogP contribution is -2.22. The molecule has 1 aromatic rings. The minimum Gasteiger partial charge on any atom is -0.381 e. The topological polar surface area (TPSA) is 71.3 Å². The summed E-state index contributed by atoms with van der Waals surface area (Å²) >= 11 is 1.54. The van der Waals surface area contributed by atoms with Gasteiger partial charge in [0.15, 0.2) is 6.29 Å². The van der Waals surface area contributed by atoms with Crippen LogP contribution in [-0.4, -0.2) is 59.7 Å². The summed E-state index contributed by atoms with van der Waals surface area (Å²) in [4.78, 5) is 0. The molecule has 0 N–H and O–H groups in total. The molecule has 0 fully saturated rings. The van der Waals surface area contributed by atoms with Gasteiger partial charge in [0.05, 0.1) is 12.6 Å². The van der Waals surface area contributed by atoms with Crippen molar-refractivity contribution in [2.75, 3.05) is 27.1 Å². The summed E-state index contributed by atoms with van der Waals surface area (Å²) in [5.74, 6) is 0.793. The molecule has 0 amide bonds.